The van der Waals surface area contributed by atoms with E-state index in [-0.39, 0.29) is 5.91 Å². The third-order valence-corrected chi connectivity index (χ3v) is 3.57. The number of nitrogens with zero attached hydrogens (tertiary/aromatic N) is 1. The van der Waals surface area contributed by atoms with Crippen LogP contribution in [0.1, 0.15) is 33.3 Å². The fraction of sp³-hybridized carbons (Fsp3) is 0.556. The third-order valence-electron chi connectivity index (χ3n) is 3.57. The number of nitrogens with one attached hydrogen (secondary N) is 1. The highest BCUT2D eigenvalue weighted by Crippen LogP contribution is 2.15. The number of carbonyl (C=O) groups is 2. The monoisotopic (exact) mass is 336 g/mol. The minimum absolute atomic E-state index is 0.121. The Morgan fingerprint density at radius 1 is 1.21 bits per heavy atom. The number of amides is 1. The van der Waals surface area contributed by atoms with Crippen molar-refractivity contribution in [2.24, 2.45) is 5.92 Å². The molecule has 0 aliphatic carbocycles. The number of carbonyl (C=O) groups excluding carboxylic acids is 1. The molecular formula is C18H28N2O4. The van der Waals surface area contributed by atoms with Crippen molar-refractivity contribution in [2.75, 3.05) is 19.7 Å². The standard InChI is InChI=1S/C18H28N2O4/c1-13(2)12-24-17-7-5-16(6-8-17)11-20(14(3)18(22)23)10-9-19-15(4)21/h5-8,13-14H,9-12H2,1-4H3,(H,19,21)(H,22,23). The van der Waals surface area contributed by atoms with Gasteiger partial charge in [0.2, 0.25) is 5.91 Å². The van der Waals surface area contributed by atoms with E-state index in [1.165, 1.54) is 6.92 Å². The summed E-state index contributed by atoms with van der Waals surface area (Å²) in [6, 6.07) is 7.05. The summed E-state index contributed by atoms with van der Waals surface area (Å²) in [5.41, 5.74) is 1.00. The van der Waals surface area contributed by atoms with Crippen molar-refractivity contribution in [2.45, 2.75) is 40.3 Å². The second-order valence-corrected chi connectivity index (χ2v) is 6.32. The molecule has 0 aromatic heterocycles. The van der Waals surface area contributed by atoms with Crippen LogP contribution in [0.25, 0.3) is 0 Å². The van der Waals surface area contributed by atoms with Crippen molar-refractivity contribution in [3.63, 3.8) is 0 Å². The van der Waals surface area contributed by atoms with Crippen LogP contribution < -0.4 is 10.1 Å². The Morgan fingerprint density at radius 3 is 2.33 bits per heavy atom. The zero-order chi connectivity index (χ0) is 18.1. The van der Waals surface area contributed by atoms with Gasteiger partial charge in [-0.25, -0.2) is 0 Å². The lowest BCUT2D eigenvalue weighted by Gasteiger charge is -2.26. The fourth-order valence-corrected chi connectivity index (χ4v) is 2.13. The number of ether oxygens (including phenoxy) is 1. The molecule has 1 unspecified atom stereocenters. The van der Waals surface area contributed by atoms with Gasteiger partial charge < -0.3 is 15.2 Å². The maximum atomic E-state index is 11.3. The van der Waals surface area contributed by atoms with Crippen molar-refractivity contribution < 1.29 is 19.4 Å². The SMILES string of the molecule is CC(=O)NCCN(Cc1ccc(OCC(C)C)cc1)C(C)C(=O)O. The lowest BCUT2D eigenvalue weighted by atomic mass is 10.1. The van der Waals surface area contributed by atoms with Crippen LogP contribution in [0.3, 0.4) is 0 Å². The lowest BCUT2D eigenvalue weighted by molar-refractivity contribution is -0.142. The average Bonchev–Trinajstić information content (AvgIpc) is 2.52. The second kappa shape index (κ2) is 9.93. The van der Waals surface area contributed by atoms with Gasteiger partial charge in [0.05, 0.1) is 6.61 Å². The molecule has 0 spiro atoms. The first-order valence-electron chi connectivity index (χ1n) is 8.22. The van der Waals surface area contributed by atoms with Gasteiger partial charge in [-0.05, 0) is 30.5 Å². The zero-order valence-corrected chi connectivity index (χ0v) is 14.9. The summed E-state index contributed by atoms with van der Waals surface area (Å²) in [5, 5.41) is 12.0. The molecule has 134 valence electrons. The molecule has 0 bridgehead atoms. The molecular weight excluding hydrogens is 308 g/mol. The molecule has 6 heteroatoms. The molecule has 1 rings (SSSR count). The van der Waals surface area contributed by atoms with E-state index in [9.17, 15) is 14.7 Å². The van der Waals surface area contributed by atoms with Crippen LogP contribution in [-0.4, -0.2) is 47.6 Å². The van der Waals surface area contributed by atoms with Gasteiger partial charge in [-0.2, -0.15) is 0 Å². The van der Waals surface area contributed by atoms with Gasteiger partial charge in [0.1, 0.15) is 11.8 Å². The highest BCUT2D eigenvalue weighted by atomic mass is 16.5. The number of rotatable bonds is 10. The van der Waals surface area contributed by atoms with Crippen LogP contribution in [-0.2, 0) is 16.1 Å². The van der Waals surface area contributed by atoms with Crippen molar-refractivity contribution in [1.82, 2.24) is 10.2 Å². The fourth-order valence-electron chi connectivity index (χ4n) is 2.13. The molecule has 1 aromatic carbocycles. The van der Waals surface area contributed by atoms with Gasteiger partial charge in [-0.3, -0.25) is 14.5 Å². The number of carboxylic acids is 1. The minimum atomic E-state index is -0.880. The molecule has 1 aromatic rings. The van der Waals surface area contributed by atoms with Gasteiger partial charge in [0.25, 0.3) is 0 Å². The summed E-state index contributed by atoms with van der Waals surface area (Å²) < 4.78 is 5.65. The second-order valence-electron chi connectivity index (χ2n) is 6.32. The minimum Gasteiger partial charge on any atom is -0.493 e. The first-order chi connectivity index (χ1) is 11.3. The highest BCUT2D eigenvalue weighted by Gasteiger charge is 2.20. The molecule has 2 N–H and O–H groups in total. The maximum Gasteiger partial charge on any atom is 0.320 e. The van der Waals surface area contributed by atoms with Gasteiger partial charge in [0.15, 0.2) is 0 Å². The maximum absolute atomic E-state index is 11.3. The van der Waals surface area contributed by atoms with E-state index in [4.69, 9.17) is 4.74 Å². The predicted molar refractivity (Wildman–Crippen MR) is 93.0 cm³/mol. The summed E-state index contributed by atoms with van der Waals surface area (Å²) in [6.07, 6.45) is 0. The molecule has 0 fully saturated rings. The van der Waals surface area contributed by atoms with Crippen LogP contribution in [0.5, 0.6) is 5.75 Å². The largest absolute Gasteiger partial charge is 0.493 e. The number of aliphatic carboxylic acids is 1. The van der Waals surface area contributed by atoms with Crippen LogP contribution >= 0.6 is 0 Å². The molecule has 0 heterocycles. The topological polar surface area (TPSA) is 78.9 Å². The van der Waals surface area contributed by atoms with Gasteiger partial charge in [-0.15, -0.1) is 0 Å². The Bertz CT molecular complexity index is 528. The zero-order valence-electron chi connectivity index (χ0n) is 14.9. The molecule has 6 nitrogen and oxygen atoms in total. The van der Waals surface area contributed by atoms with Crippen molar-refractivity contribution >= 4 is 11.9 Å². The van der Waals surface area contributed by atoms with Crippen LogP contribution in [0.15, 0.2) is 24.3 Å². The highest BCUT2D eigenvalue weighted by molar-refractivity contribution is 5.73. The van der Waals surface area contributed by atoms with E-state index in [0.29, 0.717) is 32.2 Å². The molecule has 0 saturated heterocycles. The summed E-state index contributed by atoms with van der Waals surface area (Å²) in [7, 11) is 0. The Hall–Kier alpha value is -2.08. The number of hydrogen-bond acceptors (Lipinski definition) is 4. The molecule has 0 aliphatic rings. The van der Waals surface area contributed by atoms with E-state index in [2.05, 4.69) is 19.2 Å². The van der Waals surface area contributed by atoms with Gasteiger partial charge >= 0.3 is 5.97 Å². The summed E-state index contributed by atoms with van der Waals surface area (Å²) in [6.45, 7) is 9.33. The number of carboxylic acid groups (broad SMARTS) is 1. The van der Waals surface area contributed by atoms with Crippen LogP contribution in [0, 0.1) is 5.92 Å². The molecule has 24 heavy (non-hydrogen) atoms. The number of hydrogen-bond donors (Lipinski definition) is 2. The normalized spacial score (nSPS) is 12.2. The van der Waals surface area contributed by atoms with Crippen molar-refractivity contribution in [3.05, 3.63) is 29.8 Å². The Balaban J connectivity index is 2.67. The lowest BCUT2D eigenvalue weighted by Crippen LogP contribution is -2.42. The summed E-state index contributed by atoms with van der Waals surface area (Å²) in [5.74, 6) is 0.271. The first kappa shape index (κ1) is 20.0. The van der Waals surface area contributed by atoms with Crippen molar-refractivity contribution in [1.29, 1.82) is 0 Å². The number of benzene rings is 1. The molecule has 0 aliphatic heterocycles. The van der Waals surface area contributed by atoms with E-state index in [1.54, 1.807) is 6.92 Å². The summed E-state index contributed by atoms with van der Waals surface area (Å²) in [4.78, 5) is 24.1. The molecule has 0 radical (unpaired) electrons. The van der Waals surface area contributed by atoms with Gasteiger partial charge in [0, 0.05) is 26.6 Å². The van der Waals surface area contributed by atoms with E-state index >= 15 is 0 Å². The Labute approximate surface area is 143 Å². The van der Waals surface area contributed by atoms with Crippen molar-refractivity contribution in [3.8, 4) is 5.75 Å². The molecule has 1 amide bonds. The van der Waals surface area contributed by atoms with E-state index in [1.807, 2.05) is 29.2 Å². The van der Waals surface area contributed by atoms with Crippen LogP contribution in [0.2, 0.25) is 0 Å². The Morgan fingerprint density at radius 2 is 1.83 bits per heavy atom. The molecule has 0 saturated carbocycles. The molecule has 1 atom stereocenters. The van der Waals surface area contributed by atoms with E-state index < -0.39 is 12.0 Å². The van der Waals surface area contributed by atoms with Gasteiger partial charge in [-0.1, -0.05) is 26.0 Å². The quantitative estimate of drug-likeness (QED) is 0.684. The first-order valence-corrected chi connectivity index (χ1v) is 8.22. The third kappa shape index (κ3) is 7.46. The van der Waals surface area contributed by atoms with Crippen LogP contribution in [0.4, 0.5) is 0 Å². The van der Waals surface area contributed by atoms with E-state index in [0.717, 1.165) is 11.3 Å². The Kier molecular flexibility index (Phi) is 8.26. The average molecular weight is 336 g/mol. The summed E-state index contributed by atoms with van der Waals surface area (Å²) >= 11 is 0. The predicted octanol–water partition coefficient (Wildman–Crippen LogP) is 2.13. The smallest absolute Gasteiger partial charge is 0.320 e.